The van der Waals surface area contributed by atoms with Crippen molar-refractivity contribution in [1.29, 1.82) is 0 Å². The van der Waals surface area contributed by atoms with Crippen LogP contribution >= 0.6 is 0 Å². The molecule has 0 fully saturated rings. The van der Waals surface area contributed by atoms with Gasteiger partial charge in [-0.15, -0.1) is 0 Å². The van der Waals surface area contributed by atoms with E-state index in [1.165, 1.54) is 103 Å². The maximum absolute atomic E-state index is 12.1. The Bertz CT molecular complexity index is 346. The second kappa shape index (κ2) is 24.7. The Hall–Kier alpha value is -0.570. The number of unbranched alkanes of at least 4 members (excludes halogenated alkanes) is 12. The number of carbonyl (C=O) groups is 1. The first kappa shape index (κ1) is 29.4. The van der Waals surface area contributed by atoms with E-state index in [0.29, 0.717) is 18.9 Å². The van der Waals surface area contributed by atoms with Crippen LogP contribution in [0.4, 0.5) is 0 Å². The molecule has 0 aliphatic rings. The standard InChI is InChI=1S/C27H55NO2/c1-4-7-10-13-14-16-21-26(20-15-11-8-5-2)25-30-27(29)22-17-19-24-28-23-18-12-9-6-3/h26,28H,4-25H2,1-3H3. The Morgan fingerprint density at radius 3 is 1.70 bits per heavy atom. The molecule has 0 bridgehead atoms. The molecule has 0 saturated heterocycles. The van der Waals surface area contributed by atoms with Crippen LogP contribution in [-0.2, 0) is 9.53 Å². The lowest BCUT2D eigenvalue weighted by atomic mass is 9.95. The first-order valence-corrected chi connectivity index (χ1v) is 13.6. The minimum atomic E-state index is 0.0134. The van der Waals surface area contributed by atoms with Gasteiger partial charge in [-0.05, 0) is 51.1 Å². The van der Waals surface area contributed by atoms with Crippen LogP contribution in [0.15, 0.2) is 0 Å². The topological polar surface area (TPSA) is 38.3 Å². The van der Waals surface area contributed by atoms with Gasteiger partial charge in [-0.2, -0.15) is 0 Å². The summed E-state index contributed by atoms with van der Waals surface area (Å²) in [5, 5.41) is 3.49. The summed E-state index contributed by atoms with van der Waals surface area (Å²) in [4.78, 5) is 12.1. The lowest BCUT2D eigenvalue weighted by Gasteiger charge is -2.17. The maximum atomic E-state index is 12.1. The van der Waals surface area contributed by atoms with Crippen LogP contribution in [-0.4, -0.2) is 25.7 Å². The average Bonchev–Trinajstić information content (AvgIpc) is 2.75. The van der Waals surface area contributed by atoms with Crippen molar-refractivity contribution in [3.63, 3.8) is 0 Å². The SMILES string of the molecule is CCCCCCCCC(CCCCCC)COC(=O)CCCCNCCCCCC. The summed E-state index contributed by atoms with van der Waals surface area (Å²) in [7, 11) is 0. The van der Waals surface area contributed by atoms with Crippen molar-refractivity contribution in [2.45, 2.75) is 143 Å². The van der Waals surface area contributed by atoms with Crippen molar-refractivity contribution in [3.8, 4) is 0 Å². The highest BCUT2D eigenvalue weighted by molar-refractivity contribution is 5.69. The molecule has 180 valence electrons. The van der Waals surface area contributed by atoms with Crippen molar-refractivity contribution >= 4 is 5.97 Å². The van der Waals surface area contributed by atoms with E-state index in [4.69, 9.17) is 4.74 Å². The fraction of sp³-hybridized carbons (Fsp3) is 0.963. The molecule has 0 aliphatic heterocycles. The van der Waals surface area contributed by atoms with Gasteiger partial charge in [-0.25, -0.2) is 0 Å². The summed E-state index contributed by atoms with van der Waals surface area (Å²) in [5.41, 5.74) is 0. The molecule has 0 spiro atoms. The van der Waals surface area contributed by atoms with E-state index in [9.17, 15) is 4.79 Å². The average molecular weight is 426 g/mol. The van der Waals surface area contributed by atoms with Gasteiger partial charge in [0.05, 0.1) is 6.61 Å². The monoisotopic (exact) mass is 425 g/mol. The van der Waals surface area contributed by atoms with E-state index >= 15 is 0 Å². The number of hydrogen-bond donors (Lipinski definition) is 1. The first-order chi connectivity index (χ1) is 14.7. The molecular weight excluding hydrogens is 370 g/mol. The van der Waals surface area contributed by atoms with Gasteiger partial charge < -0.3 is 10.1 Å². The van der Waals surface area contributed by atoms with Gasteiger partial charge in [-0.1, -0.05) is 104 Å². The normalized spacial score (nSPS) is 12.2. The van der Waals surface area contributed by atoms with Crippen LogP contribution in [0.3, 0.4) is 0 Å². The van der Waals surface area contributed by atoms with Crippen molar-refractivity contribution in [2.24, 2.45) is 5.92 Å². The quantitative estimate of drug-likeness (QED) is 0.125. The van der Waals surface area contributed by atoms with Crippen molar-refractivity contribution in [3.05, 3.63) is 0 Å². The van der Waals surface area contributed by atoms with Gasteiger partial charge in [0.25, 0.3) is 0 Å². The molecule has 0 aromatic carbocycles. The molecule has 0 radical (unpaired) electrons. The zero-order valence-corrected chi connectivity index (χ0v) is 21.0. The van der Waals surface area contributed by atoms with Crippen LogP contribution in [0.25, 0.3) is 0 Å². The Balaban J connectivity index is 3.82. The molecule has 0 aromatic heterocycles. The fourth-order valence-electron chi connectivity index (χ4n) is 3.99. The molecule has 0 aromatic rings. The molecule has 30 heavy (non-hydrogen) atoms. The number of nitrogens with one attached hydrogen (secondary N) is 1. The van der Waals surface area contributed by atoms with Crippen LogP contribution in [0.2, 0.25) is 0 Å². The van der Waals surface area contributed by atoms with Gasteiger partial charge in [0.1, 0.15) is 0 Å². The summed E-state index contributed by atoms with van der Waals surface area (Å²) in [5.74, 6) is 0.584. The highest BCUT2D eigenvalue weighted by Gasteiger charge is 2.12. The second-order valence-corrected chi connectivity index (χ2v) is 9.22. The van der Waals surface area contributed by atoms with E-state index < -0.39 is 0 Å². The molecule has 3 nitrogen and oxygen atoms in total. The Morgan fingerprint density at radius 1 is 0.633 bits per heavy atom. The third kappa shape index (κ3) is 22.1. The van der Waals surface area contributed by atoms with Crippen LogP contribution in [0, 0.1) is 5.92 Å². The second-order valence-electron chi connectivity index (χ2n) is 9.22. The number of ether oxygens (including phenoxy) is 1. The minimum Gasteiger partial charge on any atom is -0.465 e. The summed E-state index contributed by atoms with van der Waals surface area (Å²) in [6, 6.07) is 0. The van der Waals surface area contributed by atoms with E-state index in [1.54, 1.807) is 0 Å². The van der Waals surface area contributed by atoms with Crippen LogP contribution < -0.4 is 5.32 Å². The summed E-state index contributed by atoms with van der Waals surface area (Å²) >= 11 is 0. The Kier molecular flexibility index (Phi) is 24.2. The number of carbonyl (C=O) groups excluding carboxylic acids is 1. The molecule has 3 heteroatoms. The first-order valence-electron chi connectivity index (χ1n) is 13.6. The van der Waals surface area contributed by atoms with E-state index in [0.717, 1.165) is 25.9 Å². The third-order valence-corrected chi connectivity index (χ3v) is 6.10. The van der Waals surface area contributed by atoms with Gasteiger partial charge in [-0.3, -0.25) is 4.79 Å². The predicted octanol–water partition coefficient (Wildman–Crippen LogP) is 8.21. The minimum absolute atomic E-state index is 0.0134. The number of rotatable bonds is 24. The predicted molar refractivity (Wildman–Crippen MR) is 132 cm³/mol. The summed E-state index contributed by atoms with van der Waals surface area (Å²) < 4.78 is 5.67. The third-order valence-electron chi connectivity index (χ3n) is 6.10. The zero-order chi connectivity index (χ0) is 22.1. The maximum Gasteiger partial charge on any atom is 0.305 e. The van der Waals surface area contributed by atoms with E-state index in [2.05, 4.69) is 26.1 Å². The molecule has 1 unspecified atom stereocenters. The van der Waals surface area contributed by atoms with Crippen molar-refractivity contribution < 1.29 is 9.53 Å². The van der Waals surface area contributed by atoms with E-state index in [-0.39, 0.29) is 5.97 Å². The van der Waals surface area contributed by atoms with Gasteiger partial charge >= 0.3 is 5.97 Å². The smallest absolute Gasteiger partial charge is 0.305 e. The molecule has 1 atom stereocenters. The van der Waals surface area contributed by atoms with Gasteiger partial charge in [0.15, 0.2) is 0 Å². The molecule has 0 aliphatic carbocycles. The number of hydrogen-bond acceptors (Lipinski definition) is 3. The molecule has 0 heterocycles. The lowest BCUT2D eigenvalue weighted by Crippen LogP contribution is -2.17. The summed E-state index contributed by atoms with van der Waals surface area (Å²) in [6.45, 7) is 9.56. The van der Waals surface area contributed by atoms with Crippen LogP contribution in [0.1, 0.15) is 143 Å². The molecular formula is C27H55NO2. The Morgan fingerprint density at radius 2 is 1.10 bits per heavy atom. The van der Waals surface area contributed by atoms with Crippen molar-refractivity contribution in [2.75, 3.05) is 19.7 Å². The molecule has 0 rings (SSSR count). The molecule has 1 N–H and O–H groups in total. The lowest BCUT2D eigenvalue weighted by molar-refractivity contribution is -0.145. The molecule has 0 saturated carbocycles. The van der Waals surface area contributed by atoms with Crippen LogP contribution in [0.5, 0.6) is 0 Å². The fourth-order valence-corrected chi connectivity index (χ4v) is 3.99. The Labute approximate surface area is 189 Å². The highest BCUT2D eigenvalue weighted by Crippen LogP contribution is 2.19. The highest BCUT2D eigenvalue weighted by atomic mass is 16.5. The van der Waals surface area contributed by atoms with Gasteiger partial charge in [0, 0.05) is 6.42 Å². The summed E-state index contributed by atoms with van der Waals surface area (Å²) in [6.07, 6.45) is 23.6. The molecule has 0 amide bonds. The van der Waals surface area contributed by atoms with E-state index in [1.807, 2.05) is 0 Å². The zero-order valence-electron chi connectivity index (χ0n) is 21.0. The number of esters is 1. The van der Waals surface area contributed by atoms with Crippen molar-refractivity contribution in [1.82, 2.24) is 5.32 Å². The largest absolute Gasteiger partial charge is 0.465 e. The van der Waals surface area contributed by atoms with Gasteiger partial charge in [0.2, 0.25) is 0 Å².